The zero-order valence-electron chi connectivity index (χ0n) is 14.9. The van der Waals surface area contributed by atoms with E-state index in [4.69, 9.17) is 4.74 Å². The van der Waals surface area contributed by atoms with Gasteiger partial charge < -0.3 is 15.0 Å². The summed E-state index contributed by atoms with van der Waals surface area (Å²) >= 11 is 0. The quantitative estimate of drug-likeness (QED) is 0.557. The number of hydrogen-bond donors (Lipinski definition) is 1. The molecule has 1 amide bonds. The molecule has 0 atom stereocenters. The molecule has 0 aromatic heterocycles. The molecule has 2 rings (SSSR count). The molecular weight excluding hydrogens is 300 g/mol. The third-order valence-electron chi connectivity index (χ3n) is 4.56. The average Bonchev–Trinajstić information content (AvgIpc) is 2.64. The number of ether oxygens (including phenoxy) is 1. The predicted molar refractivity (Wildman–Crippen MR) is 98.8 cm³/mol. The zero-order chi connectivity index (χ0) is 17.2. The molecule has 1 N–H and O–H groups in total. The van der Waals surface area contributed by atoms with E-state index in [1.807, 2.05) is 24.3 Å². The van der Waals surface area contributed by atoms with Gasteiger partial charge in [-0.1, -0.05) is 12.5 Å². The number of nitrogens with zero attached hydrogens (tertiary/aromatic N) is 1. The van der Waals surface area contributed by atoms with Crippen LogP contribution in [0.4, 0.5) is 0 Å². The van der Waals surface area contributed by atoms with Gasteiger partial charge in [0.15, 0.2) is 0 Å². The number of piperidine rings is 1. The zero-order valence-corrected chi connectivity index (χ0v) is 14.9. The van der Waals surface area contributed by atoms with Crippen molar-refractivity contribution in [3.05, 3.63) is 42.0 Å². The van der Waals surface area contributed by atoms with Crippen LogP contribution < -0.4 is 10.1 Å². The normalized spacial score (nSPS) is 15.0. The van der Waals surface area contributed by atoms with E-state index in [1.165, 1.54) is 32.4 Å². The third-order valence-corrected chi connectivity index (χ3v) is 4.56. The van der Waals surface area contributed by atoms with Crippen molar-refractivity contribution in [2.24, 2.45) is 0 Å². The van der Waals surface area contributed by atoms with Crippen LogP contribution >= 0.6 is 0 Å². The first-order chi connectivity index (χ1) is 11.7. The van der Waals surface area contributed by atoms with E-state index in [9.17, 15) is 4.79 Å². The lowest BCUT2D eigenvalue weighted by molar-refractivity contribution is 0.0950. The number of methoxy groups -OCH3 is 1. The van der Waals surface area contributed by atoms with Gasteiger partial charge >= 0.3 is 0 Å². The number of nitrogens with one attached hydrogen (secondary N) is 1. The maximum atomic E-state index is 12.5. The minimum absolute atomic E-state index is 0.00959. The first-order valence-electron chi connectivity index (χ1n) is 9.03. The molecular formula is C20H30N2O2. The highest BCUT2D eigenvalue weighted by atomic mass is 16.5. The number of likely N-dealkylation sites (tertiary alicyclic amines) is 1. The van der Waals surface area contributed by atoms with Crippen molar-refractivity contribution in [1.29, 1.82) is 0 Å². The van der Waals surface area contributed by atoms with Crippen LogP contribution in [-0.4, -0.2) is 44.1 Å². The van der Waals surface area contributed by atoms with E-state index in [1.54, 1.807) is 7.11 Å². The number of rotatable bonds is 9. The molecule has 0 unspecified atom stereocenters. The first-order valence-corrected chi connectivity index (χ1v) is 9.03. The van der Waals surface area contributed by atoms with Crippen LogP contribution in [-0.2, 0) is 6.42 Å². The van der Waals surface area contributed by atoms with E-state index in [0.29, 0.717) is 0 Å². The van der Waals surface area contributed by atoms with E-state index < -0.39 is 0 Å². The molecule has 1 aliphatic heterocycles. The molecule has 1 saturated heterocycles. The average molecular weight is 330 g/mol. The van der Waals surface area contributed by atoms with Gasteiger partial charge in [0.2, 0.25) is 0 Å². The van der Waals surface area contributed by atoms with Crippen molar-refractivity contribution in [2.75, 3.05) is 33.3 Å². The Kier molecular flexibility index (Phi) is 7.83. The van der Waals surface area contributed by atoms with Crippen LogP contribution in [0.25, 0.3) is 0 Å². The number of carbonyl (C=O) groups is 1. The lowest BCUT2D eigenvalue weighted by atomic mass is 10.0. The third kappa shape index (κ3) is 5.68. The van der Waals surface area contributed by atoms with Crippen molar-refractivity contribution in [1.82, 2.24) is 10.2 Å². The molecule has 0 aliphatic carbocycles. The van der Waals surface area contributed by atoms with Crippen molar-refractivity contribution in [2.45, 2.75) is 38.5 Å². The molecule has 0 bridgehead atoms. The summed E-state index contributed by atoms with van der Waals surface area (Å²) in [5.41, 5.74) is 1.76. The van der Waals surface area contributed by atoms with Crippen molar-refractivity contribution in [3.63, 3.8) is 0 Å². The smallest absolute Gasteiger partial charge is 0.251 e. The Balaban J connectivity index is 1.84. The number of allylic oxidation sites excluding steroid dienone is 1. The molecule has 0 saturated carbocycles. The molecule has 0 radical (unpaired) electrons. The second-order valence-corrected chi connectivity index (χ2v) is 6.36. The van der Waals surface area contributed by atoms with Crippen LogP contribution in [0.3, 0.4) is 0 Å². The van der Waals surface area contributed by atoms with Gasteiger partial charge in [-0.2, -0.15) is 0 Å². The number of carbonyl (C=O) groups excluding carboxylic acids is 1. The van der Waals surface area contributed by atoms with E-state index in [-0.39, 0.29) is 5.91 Å². The van der Waals surface area contributed by atoms with Gasteiger partial charge in [-0.05, 0) is 75.5 Å². The summed E-state index contributed by atoms with van der Waals surface area (Å²) in [5.74, 6) is 0.797. The maximum absolute atomic E-state index is 12.5. The van der Waals surface area contributed by atoms with Gasteiger partial charge in [-0.3, -0.25) is 4.79 Å². The Morgan fingerprint density at radius 3 is 2.83 bits per heavy atom. The van der Waals surface area contributed by atoms with Gasteiger partial charge in [0, 0.05) is 12.1 Å². The van der Waals surface area contributed by atoms with Crippen molar-refractivity contribution >= 4 is 5.91 Å². The second kappa shape index (κ2) is 10.1. The number of amides is 1. The molecule has 1 aromatic carbocycles. The van der Waals surface area contributed by atoms with Crippen LogP contribution in [0.2, 0.25) is 0 Å². The Hall–Kier alpha value is -1.81. The Morgan fingerprint density at radius 1 is 1.33 bits per heavy atom. The summed E-state index contributed by atoms with van der Waals surface area (Å²) in [6.07, 6.45) is 8.51. The molecule has 24 heavy (non-hydrogen) atoms. The van der Waals surface area contributed by atoms with E-state index in [0.717, 1.165) is 49.2 Å². The van der Waals surface area contributed by atoms with Crippen LogP contribution in [0.5, 0.6) is 5.75 Å². The number of benzene rings is 1. The molecule has 0 spiro atoms. The fourth-order valence-corrected chi connectivity index (χ4v) is 3.17. The number of hydrogen-bond acceptors (Lipinski definition) is 3. The van der Waals surface area contributed by atoms with Crippen LogP contribution in [0.1, 0.15) is 48.0 Å². The highest BCUT2D eigenvalue weighted by molar-refractivity contribution is 5.95. The van der Waals surface area contributed by atoms with Crippen LogP contribution in [0.15, 0.2) is 30.9 Å². The fraction of sp³-hybridized carbons (Fsp3) is 0.550. The standard InChI is InChI=1S/C20H30N2O2/c1-3-4-9-17-16-18(24-2)10-11-19(17)20(23)21-12-8-15-22-13-6-5-7-14-22/h3,10-11,16H,1,4-9,12-15H2,2H3,(H,21,23). The summed E-state index contributed by atoms with van der Waals surface area (Å²) in [4.78, 5) is 15.0. The van der Waals surface area contributed by atoms with E-state index in [2.05, 4.69) is 16.8 Å². The lowest BCUT2D eigenvalue weighted by Crippen LogP contribution is -2.33. The summed E-state index contributed by atoms with van der Waals surface area (Å²) in [7, 11) is 1.65. The minimum Gasteiger partial charge on any atom is -0.497 e. The van der Waals surface area contributed by atoms with Crippen molar-refractivity contribution in [3.8, 4) is 5.75 Å². The summed E-state index contributed by atoms with van der Waals surface area (Å²) in [5, 5.41) is 3.06. The molecule has 1 aliphatic rings. The SMILES string of the molecule is C=CCCc1cc(OC)ccc1C(=O)NCCCN1CCCCC1. The summed E-state index contributed by atoms with van der Waals surface area (Å²) in [6, 6.07) is 5.66. The Labute approximate surface area is 145 Å². The predicted octanol–water partition coefficient (Wildman–Crippen LogP) is 3.42. The van der Waals surface area contributed by atoms with Crippen molar-refractivity contribution < 1.29 is 9.53 Å². The molecule has 4 nitrogen and oxygen atoms in total. The largest absolute Gasteiger partial charge is 0.497 e. The highest BCUT2D eigenvalue weighted by Crippen LogP contribution is 2.19. The highest BCUT2D eigenvalue weighted by Gasteiger charge is 2.13. The lowest BCUT2D eigenvalue weighted by Gasteiger charge is -2.26. The van der Waals surface area contributed by atoms with Gasteiger partial charge in [0.05, 0.1) is 7.11 Å². The van der Waals surface area contributed by atoms with Gasteiger partial charge in [0.1, 0.15) is 5.75 Å². The van der Waals surface area contributed by atoms with Gasteiger partial charge in [-0.15, -0.1) is 6.58 Å². The molecule has 132 valence electrons. The number of aryl methyl sites for hydroxylation is 1. The first kappa shape index (κ1) is 18.5. The second-order valence-electron chi connectivity index (χ2n) is 6.36. The molecule has 1 heterocycles. The molecule has 1 aromatic rings. The Morgan fingerprint density at radius 2 is 2.12 bits per heavy atom. The van der Waals surface area contributed by atoms with Gasteiger partial charge in [-0.25, -0.2) is 0 Å². The maximum Gasteiger partial charge on any atom is 0.251 e. The molecule has 4 heteroatoms. The molecule has 1 fully saturated rings. The van der Waals surface area contributed by atoms with E-state index >= 15 is 0 Å². The van der Waals surface area contributed by atoms with Gasteiger partial charge in [0.25, 0.3) is 5.91 Å². The summed E-state index contributed by atoms with van der Waals surface area (Å²) in [6.45, 7) is 7.97. The van der Waals surface area contributed by atoms with Crippen LogP contribution in [0, 0.1) is 0 Å². The topological polar surface area (TPSA) is 41.6 Å². The Bertz CT molecular complexity index is 536. The monoisotopic (exact) mass is 330 g/mol. The summed E-state index contributed by atoms with van der Waals surface area (Å²) < 4.78 is 5.27. The fourth-order valence-electron chi connectivity index (χ4n) is 3.17. The minimum atomic E-state index is 0.00959.